The van der Waals surface area contributed by atoms with Crippen molar-refractivity contribution in [3.63, 3.8) is 0 Å². The number of aryl methyl sites for hydroxylation is 1. The fourth-order valence-electron chi connectivity index (χ4n) is 7.13. The Kier molecular flexibility index (Phi) is 5.87. The van der Waals surface area contributed by atoms with Gasteiger partial charge in [-0.3, -0.25) is 0 Å². The summed E-state index contributed by atoms with van der Waals surface area (Å²) in [5, 5.41) is 1.27. The van der Waals surface area contributed by atoms with Crippen molar-refractivity contribution >= 4 is 28.2 Å². The molecule has 3 aliphatic rings. The van der Waals surface area contributed by atoms with Gasteiger partial charge in [0.1, 0.15) is 0 Å². The number of hydrogen-bond acceptors (Lipinski definition) is 2. The lowest BCUT2D eigenvalue weighted by atomic mass is 9.69. The van der Waals surface area contributed by atoms with Gasteiger partial charge in [-0.25, -0.2) is 0 Å². The molecule has 3 heterocycles. The molecule has 0 saturated carbocycles. The number of aromatic nitrogens is 1. The van der Waals surface area contributed by atoms with Gasteiger partial charge in [0.2, 0.25) is 0 Å². The van der Waals surface area contributed by atoms with E-state index in [4.69, 9.17) is 0 Å². The van der Waals surface area contributed by atoms with Crippen LogP contribution in [0.2, 0.25) is 0 Å². The maximum Gasteiger partial charge on any atom is 0.0468 e. The normalized spacial score (nSPS) is 20.4. The van der Waals surface area contributed by atoms with Crippen LogP contribution in [0.3, 0.4) is 0 Å². The fraction of sp³-hybridized carbons (Fsp3) is 0.455. The summed E-state index contributed by atoms with van der Waals surface area (Å²) < 4.78 is 0. The molecule has 1 N–H and O–H groups in total. The number of piperidine rings is 2. The van der Waals surface area contributed by atoms with E-state index in [2.05, 4.69) is 79.0 Å². The fourth-order valence-corrected chi connectivity index (χ4v) is 7.13. The number of anilines is 1. The molecule has 1 aliphatic carbocycles. The smallest absolute Gasteiger partial charge is 0.0468 e. The Balaban J connectivity index is 1.37. The van der Waals surface area contributed by atoms with Gasteiger partial charge in [0.05, 0.1) is 0 Å². The Labute approximate surface area is 216 Å². The van der Waals surface area contributed by atoms with Crippen LogP contribution >= 0.6 is 0 Å². The number of rotatable bonds is 4. The lowest BCUT2D eigenvalue weighted by molar-refractivity contribution is 0.141. The first-order valence-corrected chi connectivity index (χ1v) is 14.1. The van der Waals surface area contributed by atoms with E-state index >= 15 is 0 Å². The highest BCUT2D eigenvalue weighted by atomic mass is 15.2. The molecule has 2 aromatic carbocycles. The van der Waals surface area contributed by atoms with Crippen molar-refractivity contribution in [1.29, 1.82) is 0 Å². The first-order chi connectivity index (χ1) is 17.4. The Bertz CT molecular complexity index is 1330. The summed E-state index contributed by atoms with van der Waals surface area (Å²) in [4.78, 5) is 9.24. The van der Waals surface area contributed by atoms with Crippen molar-refractivity contribution in [2.45, 2.75) is 70.8 Å². The Morgan fingerprint density at radius 2 is 1.78 bits per heavy atom. The highest BCUT2D eigenvalue weighted by Gasteiger charge is 2.38. The Hall–Kier alpha value is -2.78. The number of fused-ring (bicyclic) bond motifs is 4. The number of benzene rings is 2. The van der Waals surface area contributed by atoms with E-state index in [1.807, 2.05) is 6.08 Å². The molecule has 0 radical (unpaired) electrons. The van der Waals surface area contributed by atoms with Gasteiger partial charge in [0, 0.05) is 52.4 Å². The zero-order chi connectivity index (χ0) is 25.0. The topological polar surface area (TPSA) is 22.3 Å². The molecule has 3 aromatic rings. The van der Waals surface area contributed by atoms with Crippen LogP contribution in [0.25, 0.3) is 22.6 Å². The minimum atomic E-state index is -0.119. The lowest BCUT2D eigenvalue weighted by Crippen LogP contribution is -2.47. The van der Waals surface area contributed by atoms with Crippen LogP contribution in [-0.2, 0) is 11.8 Å². The van der Waals surface area contributed by atoms with Gasteiger partial charge in [0.15, 0.2) is 0 Å². The van der Waals surface area contributed by atoms with E-state index in [-0.39, 0.29) is 5.41 Å². The first-order valence-electron chi connectivity index (χ1n) is 14.1. The van der Waals surface area contributed by atoms with Crippen molar-refractivity contribution in [3.05, 3.63) is 77.0 Å². The third-order valence-corrected chi connectivity index (χ3v) is 9.30. The van der Waals surface area contributed by atoms with Crippen LogP contribution < -0.4 is 4.90 Å². The summed E-state index contributed by atoms with van der Waals surface area (Å²) in [5.41, 5.74) is 11.6. The predicted octanol–water partition coefficient (Wildman–Crippen LogP) is 7.53. The molecular weight excluding hydrogens is 438 g/mol. The second-order valence-electron chi connectivity index (χ2n) is 11.7. The predicted molar refractivity (Wildman–Crippen MR) is 155 cm³/mol. The number of nitrogens with zero attached hydrogens (tertiary/aromatic N) is 2. The minimum absolute atomic E-state index is 0.119. The van der Waals surface area contributed by atoms with Crippen molar-refractivity contribution in [1.82, 2.24) is 9.88 Å². The Morgan fingerprint density at radius 1 is 1.03 bits per heavy atom. The second-order valence-corrected chi connectivity index (χ2v) is 11.7. The summed E-state index contributed by atoms with van der Waals surface area (Å²) in [6.45, 7) is 20.6. The van der Waals surface area contributed by atoms with Crippen molar-refractivity contribution in [2.24, 2.45) is 0 Å². The van der Waals surface area contributed by atoms with E-state index in [1.165, 1.54) is 89.7 Å². The van der Waals surface area contributed by atoms with Crippen LogP contribution in [0, 0.1) is 0 Å². The third-order valence-electron chi connectivity index (χ3n) is 9.30. The van der Waals surface area contributed by atoms with E-state index in [9.17, 15) is 0 Å². The molecular formula is C33H41N3. The molecule has 2 aliphatic heterocycles. The van der Waals surface area contributed by atoms with Crippen molar-refractivity contribution in [2.75, 3.05) is 31.1 Å². The van der Waals surface area contributed by atoms with E-state index in [0.29, 0.717) is 0 Å². The van der Waals surface area contributed by atoms with E-state index in [0.717, 1.165) is 36.7 Å². The maximum absolute atomic E-state index is 4.65. The minimum Gasteiger partial charge on any atom is -0.371 e. The molecule has 0 amide bonds. The number of likely N-dealkylation sites (tertiary alicyclic amines) is 1. The standard InChI is InChI=1S/C33H41N3/c1-6-23-11-12-26-29(19-23)34-32-31(26)22(3)27-20-24(7-2)30(21-28(27)33(32,4)5)36-17-13-25(14-18-36)35-15-9-8-10-16-35/h6,11-12,19-21,25,34H,1,3,7-10,13-18H2,2,4-5H3. The molecule has 0 bridgehead atoms. The van der Waals surface area contributed by atoms with Crippen LogP contribution in [0.1, 0.15) is 86.4 Å². The van der Waals surface area contributed by atoms with Gasteiger partial charge in [-0.05, 0) is 91.2 Å². The van der Waals surface area contributed by atoms with Crippen LogP contribution in [0.4, 0.5) is 5.69 Å². The summed E-state index contributed by atoms with van der Waals surface area (Å²) >= 11 is 0. The zero-order valence-corrected chi connectivity index (χ0v) is 22.4. The lowest BCUT2D eigenvalue weighted by Gasteiger charge is -2.42. The molecule has 0 unspecified atom stereocenters. The SMILES string of the molecule is C=Cc1ccc2c3c([nH]c2c1)C(C)(C)c1cc(N2CCC(N4CCCCC4)CC2)c(CC)cc1C3=C. The van der Waals surface area contributed by atoms with E-state index in [1.54, 1.807) is 0 Å². The number of aromatic amines is 1. The highest BCUT2D eigenvalue weighted by molar-refractivity contribution is 6.01. The molecule has 3 heteroatoms. The van der Waals surface area contributed by atoms with Crippen molar-refractivity contribution in [3.8, 4) is 0 Å². The Morgan fingerprint density at radius 3 is 2.47 bits per heavy atom. The molecule has 2 fully saturated rings. The summed E-state index contributed by atoms with van der Waals surface area (Å²) in [5.74, 6) is 0. The van der Waals surface area contributed by atoms with Gasteiger partial charge in [0.25, 0.3) is 0 Å². The first kappa shape index (κ1) is 23.6. The van der Waals surface area contributed by atoms with Crippen molar-refractivity contribution < 1.29 is 0 Å². The molecule has 1 aromatic heterocycles. The molecule has 36 heavy (non-hydrogen) atoms. The van der Waals surface area contributed by atoms with Crippen LogP contribution in [0.5, 0.6) is 0 Å². The maximum atomic E-state index is 4.65. The molecule has 2 saturated heterocycles. The monoisotopic (exact) mass is 479 g/mol. The van der Waals surface area contributed by atoms with Gasteiger partial charge < -0.3 is 14.8 Å². The third kappa shape index (κ3) is 3.66. The van der Waals surface area contributed by atoms with E-state index < -0.39 is 0 Å². The zero-order valence-electron chi connectivity index (χ0n) is 22.4. The molecule has 188 valence electrons. The van der Waals surface area contributed by atoms with Gasteiger partial charge >= 0.3 is 0 Å². The number of hydrogen-bond donors (Lipinski definition) is 1. The molecule has 3 nitrogen and oxygen atoms in total. The second kappa shape index (κ2) is 8.95. The van der Waals surface area contributed by atoms with Crippen LogP contribution in [0.15, 0.2) is 43.5 Å². The summed E-state index contributed by atoms with van der Waals surface area (Å²) in [7, 11) is 0. The van der Waals surface area contributed by atoms with Gasteiger partial charge in [-0.2, -0.15) is 0 Å². The van der Waals surface area contributed by atoms with Crippen LogP contribution in [-0.4, -0.2) is 42.1 Å². The average molecular weight is 480 g/mol. The van der Waals surface area contributed by atoms with Gasteiger partial charge in [-0.1, -0.05) is 58.6 Å². The average Bonchev–Trinajstić information content (AvgIpc) is 3.32. The molecule has 6 rings (SSSR count). The molecule has 0 spiro atoms. The quantitative estimate of drug-likeness (QED) is 0.418. The summed E-state index contributed by atoms with van der Waals surface area (Å²) in [6.07, 6.45) is 9.72. The highest BCUT2D eigenvalue weighted by Crippen LogP contribution is 2.50. The number of nitrogens with one attached hydrogen (secondary N) is 1. The summed E-state index contributed by atoms with van der Waals surface area (Å²) in [6, 6.07) is 12.4. The largest absolute Gasteiger partial charge is 0.371 e. The number of H-pyrrole nitrogens is 1. The van der Waals surface area contributed by atoms with Gasteiger partial charge in [-0.15, -0.1) is 0 Å². The molecule has 0 atom stereocenters.